The average Bonchev–Trinajstić information content (AvgIpc) is 2.78. The Hall–Kier alpha value is -2.37. The first-order chi connectivity index (χ1) is 9.52. The van der Waals surface area contributed by atoms with E-state index in [1.54, 1.807) is 19.1 Å². The zero-order valence-electron chi connectivity index (χ0n) is 11.3. The molecular weight excluding hydrogens is 263 g/mol. The lowest BCUT2D eigenvalue weighted by Crippen LogP contribution is -2.23. The van der Waals surface area contributed by atoms with Crippen molar-refractivity contribution in [2.45, 2.75) is 20.4 Å². The number of nitrogens with zero attached hydrogens (tertiary/aromatic N) is 2. The zero-order chi connectivity index (χ0) is 14.7. The normalized spacial score (nSPS) is 10.6. The van der Waals surface area contributed by atoms with Crippen LogP contribution in [0.25, 0.3) is 0 Å². The highest BCUT2D eigenvalue weighted by Crippen LogP contribution is 2.20. The van der Waals surface area contributed by atoms with Gasteiger partial charge in [-0.05, 0) is 38.1 Å². The summed E-state index contributed by atoms with van der Waals surface area (Å²) >= 11 is 0. The van der Waals surface area contributed by atoms with Crippen LogP contribution in [0, 0.1) is 12.7 Å². The third-order valence-electron chi connectivity index (χ3n) is 3.06. The molecule has 0 aliphatic carbocycles. The number of rotatable bonds is 5. The van der Waals surface area contributed by atoms with E-state index >= 15 is 0 Å². The van der Waals surface area contributed by atoms with Crippen molar-refractivity contribution >= 4 is 11.7 Å². The molecular formula is C14H15FN2O3. The second-order valence-corrected chi connectivity index (χ2v) is 4.36. The number of hydrogen-bond acceptors (Lipinski definition) is 4. The summed E-state index contributed by atoms with van der Waals surface area (Å²) in [7, 11) is 0. The van der Waals surface area contributed by atoms with E-state index in [9.17, 15) is 9.18 Å². The summed E-state index contributed by atoms with van der Waals surface area (Å²) in [5.41, 5.74) is 1.25. The van der Waals surface area contributed by atoms with Gasteiger partial charge in [0.25, 0.3) is 0 Å². The smallest absolute Gasteiger partial charge is 0.341 e. The molecule has 0 saturated heterocycles. The Labute approximate surface area is 115 Å². The summed E-state index contributed by atoms with van der Waals surface area (Å²) in [6.07, 6.45) is 0. The van der Waals surface area contributed by atoms with Gasteiger partial charge in [0.05, 0.1) is 6.54 Å². The molecule has 0 saturated carbocycles. The van der Waals surface area contributed by atoms with E-state index in [2.05, 4.69) is 5.16 Å². The Balaban J connectivity index is 2.27. The van der Waals surface area contributed by atoms with Gasteiger partial charge in [-0.25, -0.2) is 9.18 Å². The van der Waals surface area contributed by atoms with Crippen LogP contribution >= 0.6 is 0 Å². The number of aromatic carboxylic acids is 1. The molecule has 2 rings (SSSR count). The topological polar surface area (TPSA) is 66.6 Å². The first-order valence-corrected chi connectivity index (χ1v) is 6.22. The molecule has 1 N–H and O–H groups in total. The Morgan fingerprint density at radius 3 is 2.60 bits per heavy atom. The Kier molecular flexibility index (Phi) is 4.02. The number of carboxylic acids is 1. The minimum absolute atomic E-state index is 0.0885. The highest BCUT2D eigenvalue weighted by Gasteiger charge is 2.21. The lowest BCUT2D eigenvalue weighted by Gasteiger charge is -2.22. The lowest BCUT2D eigenvalue weighted by molar-refractivity contribution is 0.0694. The van der Waals surface area contributed by atoms with Crippen LogP contribution < -0.4 is 4.90 Å². The first-order valence-electron chi connectivity index (χ1n) is 6.22. The van der Waals surface area contributed by atoms with E-state index < -0.39 is 5.97 Å². The molecule has 1 aromatic heterocycles. The first kappa shape index (κ1) is 14.0. The molecule has 0 spiro atoms. The van der Waals surface area contributed by atoms with Crippen LogP contribution in [0.2, 0.25) is 0 Å². The molecule has 20 heavy (non-hydrogen) atoms. The van der Waals surface area contributed by atoms with Crippen LogP contribution in [0.5, 0.6) is 0 Å². The van der Waals surface area contributed by atoms with Gasteiger partial charge in [-0.2, -0.15) is 0 Å². The van der Waals surface area contributed by atoms with Crippen molar-refractivity contribution in [3.63, 3.8) is 0 Å². The summed E-state index contributed by atoms with van der Waals surface area (Å²) < 4.78 is 17.9. The lowest BCUT2D eigenvalue weighted by atomic mass is 10.1. The van der Waals surface area contributed by atoms with Gasteiger partial charge in [0.2, 0.25) is 0 Å². The van der Waals surface area contributed by atoms with Crippen LogP contribution in [0.1, 0.15) is 28.7 Å². The van der Waals surface area contributed by atoms with Crippen LogP contribution in [0.3, 0.4) is 0 Å². The molecule has 0 atom stereocenters. The SMILES string of the molecule is CCN(Cc1noc(C)c1C(=O)O)c1ccc(F)cc1. The van der Waals surface area contributed by atoms with Crippen LogP contribution in [0.15, 0.2) is 28.8 Å². The monoisotopic (exact) mass is 278 g/mol. The summed E-state index contributed by atoms with van der Waals surface area (Å²) in [5, 5.41) is 13.0. The van der Waals surface area contributed by atoms with Gasteiger partial charge in [-0.1, -0.05) is 5.16 Å². The fourth-order valence-electron chi connectivity index (χ4n) is 2.02. The highest BCUT2D eigenvalue weighted by atomic mass is 19.1. The Bertz CT molecular complexity index is 607. The maximum absolute atomic E-state index is 12.9. The van der Waals surface area contributed by atoms with Gasteiger partial charge < -0.3 is 14.5 Å². The number of aryl methyl sites for hydroxylation is 1. The number of hydrogen-bond donors (Lipinski definition) is 1. The molecule has 0 fully saturated rings. The molecule has 6 heteroatoms. The van der Waals surface area contributed by atoms with E-state index in [1.807, 2.05) is 11.8 Å². The number of aromatic nitrogens is 1. The third-order valence-corrected chi connectivity index (χ3v) is 3.06. The van der Waals surface area contributed by atoms with Crippen molar-refractivity contribution in [3.05, 3.63) is 47.1 Å². The van der Waals surface area contributed by atoms with Gasteiger partial charge in [0.15, 0.2) is 0 Å². The number of anilines is 1. The standard InChI is InChI=1S/C14H15FN2O3/c1-3-17(11-6-4-10(15)5-7-11)8-12-13(14(18)19)9(2)20-16-12/h4-7H,3,8H2,1-2H3,(H,18,19). The predicted molar refractivity (Wildman–Crippen MR) is 71.3 cm³/mol. The van der Waals surface area contributed by atoms with Crippen molar-refractivity contribution in [1.82, 2.24) is 5.16 Å². The van der Waals surface area contributed by atoms with E-state index in [0.29, 0.717) is 18.8 Å². The molecule has 2 aromatic rings. The van der Waals surface area contributed by atoms with Gasteiger partial charge in [-0.3, -0.25) is 0 Å². The predicted octanol–water partition coefficient (Wildman–Crippen LogP) is 2.85. The van der Waals surface area contributed by atoms with Gasteiger partial charge in [-0.15, -0.1) is 0 Å². The molecule has 1 heterocycles. The number of carboxylic acid groups (broad SMARTS) is 1. The van der Waals surface area contributed by atoms with Crippen LogP contribution in [-0.4, -0.2) is 22.8 Å². The molecule has 106 valence electrons. The second kappa shape index (κ2) is 5.73. The second-order valence-electron chi connectivity index (χ2n) is 4.36. The largest absolute Gasteiger partial charge is 0.477 e. The minimum atomic E-state index is -1.06. The van der Waals surface area contributed by atoms with Crippen molar-refractivity contribution in [2.75, 3.05) is 11.4 Å². The third kappa shape index (κ3) is 2.79. The molecule has 0 amide bonds. The minimum Gasteiger partial charge on any atom is -0.477 e. The van der Waals surface area contributed by atoms with Crippen molar-refractivity contribution < 1.29 is 18.8 Å². The molecule has 0 unspecified atom stereocenters. The number of carbonyl (C=O) groups is 1. The van der Waals surface area contributed by atoms with Gasteiger partial charge in [0, 0.05) is 12.2 Å². The Morgan fingerprint density at radius 2 is 2.05 bits per heavy atom. The fraction of sp³-hybridized carbons (Fsp3) is 0.286. The van der Waals surface area contributed by atoms with E-state index in [0.717, 1.165) is 5.69 Å². The molecule has 0 radical (unpaired) electrons. The Morgan fingerprint density at radius 1 is 1.40 bits per heavy atom. The molecule has 0 bridgehead atoms. The summed E-state index contributed by atoms with van der Waals surface area (Å²) in [6.45, 7) is 4.42. The van der Waals surface area contributed by atoms with E-state index in [4.69, 9.17) is 9.63 Å². The molecule has 0 aliphatic heterocycles. The van der Waals surface area contributed by atoms with Crippen LogP contribution in [0.4, 0.5) is 10.1 Å². The maximum Gasteiger partial charge on any atom is 0.341 e. The van der Waals surface area contributed by atoms with Crippen molar-refractivity contribution in [1.29, 1.82) is 0 Å². The maximum atomic E-state index is 12.9. The van der Waals surface area contributed by atoms with Crippen molar-refractivity contribution in [2.24, 2.45) is 0 Å². The molecule has 0 aliphatic rings. The van der Waals surface area contributed by atoms with E-state index in [1.165, 1.54) is 12.1 Å². The van der Waals surface area contributed by atoms with Gasteiger partial charge in [0.1, 0.15) is 22.8 Å². The van der Waals surface area contributed by atoms with Crippen molar-refractivity contribution in [3.8, 4) is 0 Å². The molecule has 5 nitrogen and oxygen atoms in total. The highest BCUT2D eigenvalue weighted by molar-refractivity contribution is 5.89. The van der Waals surface area contributed by atoms with Gasteiger partial charge >= 0.3 is 5.97 Å². The summed E-state index contributed by atoms with van der Waals surface area (Å²) in [5.74, 6) is -1.09. The summed E-state index contributed by atoms with van der Waals surface area (Å²) in [4.78, 5) is 13.1. The summed E-state index contributed by atoms with van der Waals surface area (Å²) in [6, 6.07) is 6.02. The zero-order valence-corrected chi connectivity index (χ0v) is 11.3. The fourth-order valence-corrected chi connectivity index (χ4v) is 2.02. The number of benzene rings is 1. The van der Waals surface area contributed by atoms with E-state index in [-0.39, 0.29) is 17.1 Å². The average molecular weight is 278 g/mol. The quantitative estimate of drug-likeness (QED) is 0.911. The van der Waals surface area contributed by atoms with Crippen LogP contribution in [-0.2, 0) is 6.54 Å². The number of halogens is 1. The molecule has 1 aromatic carbocycles.